The van der Waals surface area contributed by atoms with E-state index in [9.17, 15) is 4.79 Å². The van der Waals surface area contributed by atoms with Gasteiger partial charge in [0.25, 0.3) is 0 Å². The minimum atomic E-state index is -1.03. The molecule has 2 rings (SSSR count). The fourth-order valence-corrected chi connectivity index (χ4v) is 1.46. The monoisotopic (exact) mass is 247 g/mol. The first-order valence-electron chi connectivity index (χ1n) is 5.47. The van der Waals surface area contributed by atoms with E-state index in [2.05, 4.69) is 20.4 Å². The van der Waals surface area contributed by atoms with Gasteiger partial charge in [0, 0.05) is 25.0 Å². The molecule has 0 bridgehead atoms. The maximum absolute atomic E-state index is 10.8. The Morgan fingerprint density at radius 1 is 1.56 bits per heavy atom. The average Bonchev–Trinajstić information content (AvgIpc) is 2.76. The molecule has 0 aromatic carbocycles. The Morgan fingerprint density at radius 2 is 2.33 bits per heavy atom. The summed E-state index contributed by atoms with van der Waals surface area (Å²) in [5.41, 5.74) is 0.509. The molecule has 0 fully saturated rings. The van der Waals surface area contributed by atoms with E-state index in [1.54, 1.807) is 17.7 Å². The highest BCUT2D eigenvalue weighted by atomic mass is 16.4. The first kappa shape index (κ1) is 12.0. The van der Waals surface area contributed by atoms with E-state index in [0.29, 0.717) is 17.5 Å². The summed E-state index contributed by atoms with van der Waals surface area (Å²) in [6.45, 7) is 4.39. The van der Waals surface area contributed by atoms with Crippen molar-refractivity contribution in [2.24, 2.45) is 0 Å². The number of aromatic nitrogens is 4. The molecule has 0 radical (unpaired) electrons. The molecule has 2 N–H and O–H groups in total. The average molecular weight is 247 g/mol. The van der Waals surface area contributed by atoms with E-state index < -0.39 is 5.97 Å². The zero-order chi connectivity index (χ0) is 13.1. The fraction of sp³-hybridized carbons (Fsp3) is 0.273. The Kier molecular flexibility index (Phi) is 3.22. The quantitative estimate of drug-likeness (QED) is 0.849. The van der Waals surface area contributed by atoms with Crippen molar-refractivity contribution in [2.75, 3.05) is 5.32 Å². The molecule has 7 heteroatoms. The summed E-state index contributed by atoms with van der Waals surface area (Å²) in [6.07, 6.45) is 3.12. The van der Waals surface area contributed by atoms with E-state index in [0.717, 1.165) is 6.54 Å². The number of hydrogen-bond acceptors (Lipinski definition) is 5. The van der Waals surface area contributed by atoms with Crippen LogP contribution in [0, 0.1) is 6.92 Å². The molecule has 0 atom stereocenters. The van der Waals surface area contributed by atoms with Crippen LogP contribution < -0.4 is 5.32 Å². The van der Waals surface area contributed by atoms with Crippen LogP contribution >= 0.6 is 0 Å². The predicted octanol–water partition coefficient (Wildman–Crippen LogP) is 1.44. The third-order valence-electron chi connectivity index (χ3n) is 2.41. The molecule has 7 nitrogen and oxygen atoms in total. The van der Waals surface area contributed by atoms with Crippen molar-refractivity contribution in [1.82, 2.24) is 19.7 Å². The van der Waals surface area contributed by atoms with Crippen LogP contribution in [-0.4, -0.2) is 30.8 Å². The molecule has 0 spiro atoms. The van der Waals surface area contributed by atoms with Gasteiger partial charge in [-0.25, -0.2) is 14.8 Å². The number of rotatable bonds is 4. The lowest BCUT2D eigenvalue weighted by molar-refractivity contribution is 0.0695. The van der Waals surface area contributed by atoms with Gasteiger partial charge in [0.1, 0.15) is 0 Å². The van der Waals surface area contributed by atoms with E-state index >= 15 is 0 Å². The number of anilines is 2. The molecule has 0 saturated carbocycles. The molecule has 0 saturated heterocycles. The highest BCUT2D eigenvalue weighted by Gasteiger charge is 2.10. The number of carbonyl (C=O) groups is 1. The number of nitrogens with one attached hydrogen (secondary N) is 1. The molecule has 2 aromatic heterocycles. The van der Waals surface area contributed by atoms with E-state index in [1.165, 1.54) is 6.20 Å². The minimum absolute atomic E-state index is 0.0969. The molecule has 2 heterocycles. The third-order valence-corrected chi connectivity index (χ3v) is 2.41. The number of aryl methyl sites for hydroxylation is 2. The minimum Gasteiger partial charge on any atom is -0.478 e. The van der Waals surface area contributed by atoms with Crippen molar-refractivity contribution in [1.29, 1.82) is 0 Å². The van der Waals surface area contributed by atoms with Gasteiger partial charge < -0.3 is 10.4 Å². The number of hydrogen-bond donors (Lipinski definition) is 2. The first-order chi connectivity index (χ1) is 8.60. The molecule has 0 aliphatic carbocycles. The van der Waals surface area contributed by atoms with Crippen LogP contribution in [0.1, 0.15) is 23.0 Å². The molecule has 2 aromatic rings. The van der Waals surface area contributed by atoms with Gasteiger partial charge in [-0.1, -0.05) is 0 Å². The Hall–Kier alpha value is -2.44. The van der Waals surface area contributed by atoms with E-state index in [1.807, 2.05) is 13.1 Å². The molecular formula is C11H13N5O2. The summed E-state index contributed by atoms with van der Waals surface area (Å²) in [6, 6.07) is 1.80. The molecule has 0 aliphatic rings. The molecular weight excluding hydrogens is 234 g/mol. The van der Waals surface area contributed by atoms with E-state index in [4.69, 9.17) is 5.11 Å². The van der Waals surface area contributed by atoms with E-state index in [-0.39, 0.29) is 5.56 Å². The van der Waals surface area contributed by atoms with Crippen molar-refractivity contribution >= 4 is 17.7 Å². The Morgan fingerprint density at radius 3 is 2.89 bits per heavy atom. The molecule has 0 unspecified atom stereocenters. The second-order valence-corrected chi connectivity index (χ2v) is 3.68. The van der Waals surface area contributed by atoms with Crippen LogP contribution in [0.5, 0.6) is 0 Å². The lowest BCUT2D eigenvalue weighted by atomic mass is 10.2. The molecule has 0 amide bonds. The smallest absolute Gasteiger partial charge is 0.339 e. The van der Waals surface area contributed by atoms with Crippen LogP contribution in [0.4, 0.5) is 11.8 Å². The lowest BCUT2D eigenvalue weighted by Crippen LogP contribution is -2.06. The molecule has 94 valence electrons. The summed E-state index contributed by atoms with van der Waals surface area (Å²) >= 11 is 0. The number of aromatic carboxylic acids is 1. The lowest BCUT2D eigenvalue weighted by Gasteiger charge is -2.04. The summed E-state index contributed by atoms with van der Waals surface area (Å²) in [7, 11) is 0. The zero-order valence-corrected chi connectivity index (χ0v) is 10.1. The Bertz CT molecular complexity index is 579. The second kappa shape index (κ2) is 4.82. The van der Waals surface area contributed by atoms with Gasteiger partial charge in [-0.2, -0.15) is 5.10 Å². The highest BCUT2D eigenvalue weighted by Crippen LogP contribution is 2.12. The van der Waals surface area contributed by atoms with Gasteiger partial charge in [0.05, 0.1) is 11.3 Å². The maximum atomic E-state index is 10.8. The summed E-state index contributed by atoms with van der Waals surface area (Å²) in [5.74, 6) is -0.0764. The zero-order valence-electron chi connectivity index (χ0n) is 10.1. The normalized spacial score (nSPS) is 10.3. The van der Waals surface area contributed by atoms with Crippen molar-refractivity contribution in [3.8, 4) is 0 Å². The van der Waals surface area contributed by atoms with Gasteiger partial charge in [-0.3, -0.25) is 4.68 Å². The summed E-state index contributed by atoms with van der Waals surface area (Å²) < 4.78 is 1.76. The Balaban J connectivity index is 2.19. The SMILES string of the molecule is CCn1ccc(Nc2ncc(C(=O)O)c(C)n2)n1. The number of carboxylic acid groups (broad SMARTS) is 1. The highest BCUT2D eigenvalue weighted by molar-refractivity contribution is 5.88. The van der Waals surface area contributed by atoms with Crippen molar-refractivity contribution in [3.63, 3.8) is 0 Å². The number of carboxylic acids is 1. The van der Waals surface area contributed by atoms with Crippen LogP contribution in [0.25, 0.3) is 0 Å². The van der Waals surface area contributed by atoms with Crippen LogP contribution in [0.3, 0.4) is 0 Å². The summed E-state index contributed by atoms with van der Waals surface area (Å²) in [5, 5.41) is 16.0. The Labute approximate surface area is 104 Å². The second-order valence-electron chi connectivity index (χ2n) is 3.68. The van der Waals surface area contributed by atoms with Crippen molar-refractivity contribution < 1.29 is 9.90 Å². The maximum Gasteiger partial charge on any atom is 0.339 e. The van der Waals surface area contributed by atoms with Gasteiger partial charge in [0.2, 0.25) is 5.95 Å². The van der Waals surface area contributed by atoms with Gasteiger partial charge in [-0.15, -0.1) is 0 Å². The summed E-state index contributed by atoms with van der Waals surface area (Å²) in [4.78, 5) is 18.8. The molecule has 18 heavy (non-hydrogen) atoms. The van der Waals surface area contributed by atoms with Crippen LogP contribution in [-0.2, 0) is 6.54 Å². The van der Waals surface area contributed by atoms with Crippen molar-refractivity contribution in [3.05, 3.63) is 29.7 Å². The van der Waals surface area contributed by atoms with Gasteiger partial charge in [-0.05, 0) is 13.8 Å². The molecule has 0 aliphatic heterocycles. The number of nitrogens with zero attached hydrogens (tertiary/aromatic N) is 4. The van der Waals surface area contributed by atoms with Gasteiger partial charge >= 0.3 is 5.97 Å². The van der Waals surface area contributed by atoms with Gasteiger partial charge in [0.15, 0.2) is 5.82 Å². The predicted molar refractivity (Wildman–Crippen MR) is 64.9 cm³/mol. The van der Waals surface area contributed by atoms with Crippen molar-refractivity contribution in [2.45, 2.75) is 20.4 Å². The topological polar surface area (TPSA) is 92.9 Å². The van der Waals surface area contributed by atoms with Crippen LogP contribution in [0.2, 0.25) is 0 Å². The fourth-order valence-electron chi connectivity index (χ4n) is 1.46. The third kappa shape index (κ3) is 2.45. The van der Waals surface area contributed by atoms with Crippen LogP contribution in [0.15, 0.2) is 18.5 Å². The standard InChI is InChI=1S/C11H13N5O2/c1-3-16-5-4-9(15-16)14-11-12-6-8(10(17)18)7(2)13-11/h4-6H,3H2,1-2H3,(H,17,18)(H,12,13,14,15). The largest absolute Gasteiger partial charge is 0.478 e. The first-order valence-corrected chi connectivity index (χ1v) is 5.47.